The number of anilines is 1. The van der Waals surface area contributed by atoms with E-state index in [-0.39, 0.29) is 5.91 Å². The third kappa shape index (κ3) is 2.63. The number of nitrogens with zero attached hydrogens (tertiary/aromatic N) is 1. The van der Waals surface area contributed by atoms with Gasteiger partial charge in [-0.05, 0) is 24.6 Å². The molecule has 1 heterocycles. The minimum Gasteiger partial charge on any atom is -0.399 e. The van der Waals surface area contributed by atoms with Crippen molar-refractivity contribution >= 4 is 11.6 Å². The fourth-order valence-corrected chi connectivity index (χ4v) is 1.54. The van der Waals surface area contributed by atoms with Crippen LogP contribution in [0.25, 0.3) is 0 Å². The average molecular weight is 230 g/mol. The molecule has 0 unspecified atom stereocenters. The molecule has 2 rings (SSSR count). The summed E-state index contributed by atoms with van der Waals surface area (Å²) in [5, 5.41) is 2.80. The Morgan fingerprint density at radius 3 is 3.06 bits per heavy atom. The van der Waals surface area contributed by atoms with Crippen molar-refractivity contribution in [1.29, 1.82) is 0 Å². The Labute approximate surface area is 99.1 Å². The van der Waals surface area contributed by atoms with Gasteiger partial charge in [-0.3, -0.25) is 4.79 Å². The first-order valence-electron chi connectivity index (χ1n) is 5.28. The minimum atomic E-state index is -0.135. The van der Waals surface area contributed by atoms with Gasteiger partial charge in [0.05, 0.1) is 18.6 Å². The molecule has 5 nitrogen and oxygen atoms in total. The highest BCUT2D eigenvalue weighted by Crippen LogP contribution is 2.12. The van der Waals surface area contributed by atoms with Gasteiger partial charge >= 0.3 is 0 Å². The van der Waals surface area contributed by atoms with Gasteiger partial charge in [0, 0.05) is 17.4 Å². The summed E-state index contributed by atoms with van der Waals surface area (Å²) in [6.45, 7) is 2.30. The number of amides is 1. The standard InChI is InChI=1S/C12H14N4O/c1-8-2-3-9(13)4-11(8)12(17)15-6-10-5-14-7-16-10/h2-5,7H,6,13H2,1H3,(H,14,16)(H,15,17). The molecule has 0 spiro atoms. The number of aromatic nitrogens is 2. The second-order valence-corrected chi connectivity index (χ2v) is 3.83. The van der Waals surface area contributed by atoms with E-state index < -0.39 is 0 Å². The largest absolute Gasteiger partial charge is 0.399 e. The molecular formula is C12H14N4O. The van der Waals surface area contributed by atoms with Gasteiger partial charge in [0.15, 0.2) is 0 Å². The van der Waals surface area contributed by atoms with Crippen LogP contribution in [0.4, 0.5) is 5.69 Å². The highest BCUT2D eigenvalue weighted by atomic mass is 16.1. The molecule has 17 heavy (non-hydrogen) atoms. The number of aryl methyl sites for hydroxylation is 1. The van der Waals surface area contributed by atoms with Gasteiger partial charge in [0.1, 0.15) is 0 Å². The van der Waals surface area contributed by atoms with Crippen LogP contribution in [-0.2, 0) is 6.54 Å². The molecule has 0 atom stereocenters. The van der Waals surface area contributed by atoms with E-state index in [9.17, 15) is 4.79 Å². The van der Waals surface area contributed by atoms with E-state index in [2.05, 4.69) is 15.3 Å². The zero-order chi connectivity index (χ0) is 12.3. The van der Waals surface area contributed by atoms with Gasteiger partial charge in [0.2, 0.25) is 0 Å². The van der Waals surface area contributed by atoms with Crippen molar-refractivity contribution in [2.75, 3.05) is 5.73 Å². The Hall–Kier alpha value is -2.30. The van der Waals surface area contributed by atoms with Crippen LogP contribution in [0, 0.1) is 6.92 Å². The number of aromatic amines is 1. The fourth-order valence-electron chi connectivity index (χ4n) is 1.54. The van der Waals surface area contributed by atoms with Crippen molar-refractivity contribution in [2.45, 2.75) is 13.5 Å². The molecule has 2 aromatic rings. The molecule has 0 saturated heterocycles. The lowest BCUT2D eigenvalue weighted by molar-refractivity contribution is 0.0950. The summed E-state index contributed by atoms with van der Waals surface area (Å²) >= 11 is 0. The minimum absolute atomic E-state index is 0.135. The molecule has 5 heteroatoms. The lowest BCUT2D eigenvalue weighted by Gasteiger charge is -2.07. The normalized spacial score (nSPS) is 10.2. The zero-order valence-corrected chi connectivity index (χ0v) is 9.53. The first kappa shape index (κ1) is 11.2. The highest BCUT2D eigenvalue weighted by molar-refractivity contribution is 5.96. The van der Waals surface area contributed by atoms with E-state index in [0.29, 0.717) is 17.8 Å². The number of nitrogens with one attached hydrogen (secondary N) is 2. The van der Waals surface area contributed by atoms with Gasteiger partial charge in [0.25, 0.3) is 5.91 Å². The van der Waals surface area contributed by atoms with Crippen LogP contribution < -0.4 is 11.1 Å². The Bertz CT molecular complexity index is 519. The third-order valence-electron chi connectivity index (χ3n) is 2.50. The van der Waals surface area contributed by atoms with Crippen LogP contribution in [0.15, 0.2) is 30.7 Å². The van der Waals surface area contributed by atoms with E-state index in [1.807, 2.05) is 13.0 Å². The van der Waals surface area contributed by atoms with Crippen LogP contribution in [0.2, 0.25) is 0 Å². The highest BCUT2D eigenvalue weighted by Gasteiger charge is 2.09. The maximum absolute atomic E-state index is 11.9. The van der Waals surface area contributed by atoms with E-state index in [1.165, 1.54) is 0 Å². The van der Waals surface area contributed by atoms with Gasteiger partial charge < -0.3 is 16.0 Å². The molecule has 0 saturated carbocycles. The van der Waals surface area contributed by atoms with Crippen molar-refractivity contribution < 1.29 is 4.79 Å². The van der Waals surface area contributed by atoms with E-state index >= 15 is 0 Å². The summed E-state index contributed by atoms with van der Waals surface area (Å²) in [5.74, 6) is -0.135. The maximum atomic E-state index is 11.9. The lowest BCUT2D eigenvalue weighted by atomic mass is 10.1. The molecule has 0 aliphatic carbocycles. The number of rotatable bonds is 3. The van der Waals surface area contributed by atoms with Crippen molar-refractivity contribution in [2.24, 2.45) is 0 Å². The van der Waals surface area contributed by atoms with Crippen molar-refractivity contribution in [3.05, 3.63) is 47.5 Å². The number of nitrogen functional groups attached to an aromatic ring is 1. The van der Waals surface area contributed by atoms with Gasteiger partial charge in [-0.15, -0.1) is 0 Å². The van der Waals surface area contributed by atoms with Crippen LogP contribution in [0.3, 0.4) is 0 Å². The summed E-state index contributed by atoms with van der Waals surface area (Å²) < 4.78 is 0. The number of hydrogen-bond acceptors (Lipinski definition) is 3. The molecule has 1 aromatic heterocycles. The summed E-state index contributed by atoms with van der Waals surface area (Å²) in [4.78, 5) is 18.7. The number of carbonyl (C=O) groups is 1. The van der Waals surface area contributed by atoms with Crippen LogP contribution in [-0.4, -0.2) is 15.9 Å². The quantitative estimate of drug-likeness (QED) is 0.693. The Kier molecular flexibility index (Phi) is 3.09. The lowest BCUT2D eigenvalue weighted by Crippen LogP contribution is -2.23. The maximum Gasteiger partial charge on any atom is 0.251 e. The number of carbonyl (C=O) groups excluding carboxylic acids is 1. The average Bonchev–Trinajstić information content (AvgIpc) is 2.82. The molecule has 0 bridgehead atoms. The molecule has 0 aliphatic heterocycles. The molecule has 1 amide bonds. The van der Waals surface area contributed by atoms with E-state index in [4.69, 9.17) is 5.73 Å². The monoisotopic (exact) mass is 230 g/mol. The topological polar surface area (TPSA) is 83.8 Å². The Balaban J connectivity index is 2.07. The third-order valence-corrected chi connectivity index (χ3v) is 2.50. The van der Waals surface area contributed by atoms with E-state index in [1.54, 1.807) is 24.7 Å². The smallest absolute Gasteiger partial charge is 0.251 e. The molecule has 0 aliphatic rings. The number of benzene rings is 1. The predicted octanol–water partition coefficient (Wildman–Crippen LogP) is 1.23. The molecule has 1 aromatic carbocycles. The van der Waals surface area contributed by atoms with Crippen LogP contribution in [0.5, 0.6) is 0 Å². The zero-order valence-electron chi connectivity index (χ0n) is 9.53. The summed E-state index contributed by atoms with van der Waals surface area (Å²) in [6.07, 6.45) is 3.25. The van der Waals surface area contributed by atoms with E-state index in [0.717, 1.165) is 11.3 Å². The predicted molar refractivity (Wildman–Crippen MR) is 65.3 cm³/mol. The Morgan fingerprint density at radius 1 is 1.53 bits per heavy atom. The molecule has 4 N–H and O–H groups in total. The summed E-state index contributed by atoms with van der Waals surface area (Å²) in [7, 11) is 0. The molecule has 0 radical (unpaired) electrons. The fraction of sp³-hybridized carbons (Fsp3) is 0.167. The Morgan fingerprint density at radius 2 is 2.35 bits per heavy atom. The second-order valence-electron chi connectivity index (χ2n) is 3.83. The molecule has 88 valence electrons. The van der Waals surface area contributed by atoms with Crippen molar-refractivity contribution in [3.8, 4) is 0 Å². The van der Waals surface area contributed by atoms with Crippen LogP contribution in [0.1, 0.15) is 21.6 Å². The number of hydrogen-bond donors (Lipinski definition) is 3. The van der Waals surface area contributed by atoms with Crippen LogP contribution >= 0.6 is 0 Å². The van der Waals surface area contributed by atoms with Crippen molar-refractivity contribution in [3.63, 3.8) is 0 Å². The summed E-state index contributed by atoms with van der Waals surface area (Å²) in [5.41, 5.74) is 8.61. The first-order chi connectivity index (χ1) is 8.16. The first-order valence-corrected chi connectivity index (χ1v) is 5.28. The molecular weight excluding hydrogens is 216 g/mol. The second kappa shape index (κ2) is 4.69. The molecule has 0 fully saturated rings. The van der Waals surface area contributed by atoms with Gasteiger partial charge in [-0.1, -0.05) is 6.07 Å². The summed E-state index contributed by atoms with van der Waals surface area (Å²) in [6, 6.07) is 5.29. The van der Waals surface area contributed by atoms with Gasteiger partial charge in [-0.25, -0.2) is 4.98 Å². The van der Waals surface area contributed by atoms with Crippen molar-refractivity contribution in [1.82, 2.24) is 15.3 Å². The SMILES string of the molecule is Cc1ccc(N)cc1C(=O)NCc1cnc[nH]1. The number of nitrogens with two attached hydrogens (primary N) is 1. The number of imidazole rings is 1. The van der Waals surface area contributed by atoms with Gasteiger partial charge in [-0.2, -0.15) is 0 Å². The number of H-pyrrole nitrogens is 1.